The number of carbonyl (C=O) groups is 1. The van der Waals surface area contributed by atoms with Crippen LogP contribution in [-0.2, 0) is 9.53 Å². The van der Waals surface area contributed by atoms with Gasteiger partial charge in [-0.1, -0.05) is 0 Å². The van der Waals surface area contributed by atoms with Crippen molar-refractivity contribution in [3.8, 4) is 0 Å². The van der Waals surface area contributed by atoms with Crippen molar-refractivity contribution in [2.45, 2.75) is 32.2 Å². The summed E-state index contributed by atoms with van der Waals surface area (Å²) in [6.07, 6.45) is 4.68. The SMILES string of the molecule is CCOCCCCNC(=O)[C@@H](N)CCSC. The van der Waals surface area contributed by atoms with Crippen LogP contribution in [0.25, 0.3) is 0 Å². The molecule has 0 aliphatic carbocycles. The number of hydrogen-bond acceptors (Lipinski definition) is 4. The van der Waals surface area contributed by atoms with Crippen LogP contribution in [0.2, 0.25) is 0 Å². The molecule has 0 aliphatic heterocycles. The fraction of sp³-hybridized carbons (Fsp3) is 0.909. The van der Waals surface area contributed by atoms with Crippen molar-refractivity contribution in [1.82, 2.24) is 5.32 Å². The van der Waals surface area contributed by atoms with Crippen molar-refractivity contribution in [2.24, 2.45) is 5.73 Å². The van der Waals surface area contributed by atoms with Gasteiger partial charge in [-0.05, 0) is 38.2 Å². The van der Waals surface area contributed by atoms with E-state index in [9.17, 15) is 4.79 Å². The Hall–Kier alpha value is -0.260. The summed E-state index contributed by atoms with van der Waals surface area (Å²) in [6.45, 7) is 4.20. The summed E-state index contributed by atoms with van der Waals surface area (Å²) in [5, 5.41) is 2.84. The first-order valence-electron chi connectivity index (χ1n) is 5.82. The van der Waals surface area contributed by atoms with E-state index in [0.717, 1.165) is 38.2 Å². The number of carbonyl (C=O) groups excluding carboxylic acids is 1. The first-order valence-corrected chi connectivity index (χ1v) is 7.21. The predicted octanol–water partition coefficient (Wildman–Crippen LogP) is 1.000. The second-order valence-electron chi connectivity index (χ2n) is 3.58. The number of unbranched alkanes of at least 4 members (excludes halogenated alkanes) is 1. The molecule has 0 aliphatic rings. The third-order valence-electron chi connectivity index (χ3n) is 2.19. The number of hydrogen-bond donors (Lipinski definition) is 2. The summed E-state index contributed by atoms with van der Waals surface area (Å²) in [7, 11) is 0. The lowest BCUT2D eigenvalue weighted by Gasteiger charge is -2.11. The van der Waals surface area contributed by atoms with Gasteiger partial charge in [0.05, 0.1) is 6.04 Å². The molecule has 3 N–H and O–H groups in total. The molecule has 1 atom stereocenters. The van der Waals surface area contributed by atoms with Crippen molar-refractivity contribution in [1.29, 1.82) is 0 Å². The summed E-state index contributed by atoms with van der Waals surface area (Å²) in [5.41, 5.74) is 5.72. The molecule has 4 nitrogen and oxygen atoms in total. The van der Waals surface area contributed by atoms with Gasteiger partial charge in [-0.15, -0.1) is 0 Å². The Morgan fingerprint density at radius 2 is 2.25 bits per heavy atom. The molecule has 0 unspecified atom stereocenters. The van der Waals surface area contributed by atoms with Gasteiger partial charge in [0.2, 0.25) is 5.91 Å². The van der Waals surface area contributed by atoms with E-state index in [-0.39, 0.29) is 11.9 Å². The Bertz CT molecular complexity index is 179. The van der Waals surface area contributed by atoms with Crippen LogP contribution in [0.1, 0.15) is 26.2 Å². The molecule has 0 spiro atoms. The lowest BCUT2D eigenvalue weighted by molar-refractivity contribution is -0.122. The van der Waals surface area contributed by atoms with Gasteiger partial charge in [-0.3, -0.25) is 4.79 Å². The van der Waals surface area contributed by atoms with E-state index < -0.39 is 0 Å². The molecule has 0 aromatic rings. The molecular weight excluding hydrogens is 224 g/mol. The molecular formula is C11H24N2O2S. The van der Waals surface area contributed by atoms with Gasteiger partial charge in [0, 0.05) is 19.8 Å². The number of amides is 1. The van der Waals surface area contributed by atoms with Gasteiger partial charge in [0.15, 0.2) is 0 Å². The quantitative estimate of drug-likeness (QED) is 0.566. The Morgan fingerprint density at radius 3 is 2.88 bits per heavy atom. The Morgan fingerprint density at radius 1 is 1.50 bits per heavy atom. The van der Waals surface area contributed by atoms with Crippen LogP contribution in [-0.4, -0.2) is 43.7 Å². The normalized spacial score (nSPS) is 12.4. The van der Waals surface area contributed by atoms with Crippen LogP contribution in [0.15, 0.2) is 0 Å². The van der Waals surface area contributed by atoms with E-state index in [1.807, 2.05) is 13.2 Å². The molecule has 0 saturated heterocycles. The van der Waals surface area contributed by atoms with E-state index in [1.54, 1.807) is 11.8 Å². The van der Waals surface area contributed by atoms with Crippen LogP contribution in [0.3, 0.4) is 0 Å². The molecule has 5 heteroatoms. The summed E-state index contributed by atoms with van der Waals surface area (Å²) < 4.78 is 5.20. The van der Waals surface area contributed by atoms with E-state index in [4.69, 9.17) is 10.5 Å². The highest BCUT2D eigenvalue weighted by molar-refractivity contribution is 7.98. The lowest BCUT2D eigenvalue weighted by Crippen LogP contribution is -2.41. The summed E-state index contributed by atoms with van der Waals surface area (Å²) in [4.78, 5) is 11.5. The molecule has 0 heterocycles. The Kier molecular flexibility index (Phi) is 11.0. The third-order valence-corrected chi connectivity index (χ3v) is 2.83. The zero-order chi connectivity index (χ0) is 12.2. The average Bonchev–Trinajstić information content (AvgIpc) is 2.30. The van der Waals surface area contributed by atoms with E-state index in [0.29, 0.717) is 6.54 Å². The third kappa shape index (κ3) is 9.00. The molecule has 0 saturated carbocycles. The first-order chi connectivity index (χ1) is 7.72. The zero-order valence-corrected chi connectivity index (χ0v) is 11.1. The Labute approximate surface area is 103 Å². The van der Waals surface area contributed by atoms with Gasteiger partial charge in [0.1, 0.15) is 0 Å². The van der Waals surface area contributed by atoms with Gasteiger partial charge >= 0.3 is 0 Å². The summed E-state index contributed by atoms with van der Waals surface area (Å²) >= 11 is 1.71. The van der Waals surface area contributed by atoms with Crippen LogP contribution in [0, 0.1) is 0 Å². The van der Waals surface area contributed by atoms with Crippen molar-refractivity contribution in [3.05, 3.63) is 0 Å². The van der Waals surface area contributed by atoms with Crippen molar-refractivity contribution in [2.75, 3.05) is 31.8 Å². The molecule has 0 aromatic carbocycles. The van der Waals surface area contributed by atoms with Gasteiger partial charge in [0.25, 0.3) is 0 Å². The first kappa shape index (κ1) is 15.7. The lowest BCUT2D eigenvalue weighted by atomic mass is 10.2. The van der Waals surface area contributed by atoms with E-state index >= 15 is 0 Å². The number of rotatable bonds is 10. The largest absolute Gasteiger partial charge is 0.382 e. The Balaban J connectivity index is 3.35. The highest BCUT2D eigenvalue weighted by atomic mass is 32.2. The number of thioether (sulfide) groups is 1. The standard InChI is InChI=1S/C11H24N2O2S/c1-3-15-8-5-4-7-13-11(14)10(12)6-9-16-2/h10H,3-9,12H2,1-2H3,(H,13,14)/t10-/m0/s1. The average molecular weight is 248 g/mol. The predicted molar refractivity (Wildman–Crippen MR) is 69.7 cm³/mol. The fourth-order valence-corrected chi connectivity index (χ4v) is 1.68. The van der Waals surface area contributed by atoms with Gasteiger partial charge in [-0.2, -0.15) is 11.8 Å². The fourth-order valence-electron chi connectivity index (χ4n) is 1.19. The topological polar surface area (TPSA) is 64.3 Å². The maximum atomic E-state index is 11.5. The smallest absolute Gasteiger partial charge is 0.236 e. The van der Waals surface area contributed by atoms with Crippen molar-refractivity contribution < 1.29 is 9.53 Å². The maximum Gasteiger partial charge on any atom is 0.236 e. The minimum Gasteiger partial charge on any atom is -0.382 e. The second kappa shape index (κ2) is 11.2. The van der Waals surface area contributed by atoms with Crippen molar-refractivity contribution in [3.63, 3.8) is 0 Å². The minimum absolute atomic E-state index is 0.0366. The molecule has 0 radical (unpaired) electrons. The second-order valence-corrected chi connectivity index (χ2v) is 4.57. The molecule has 0 aromatic heterocycles. The highest BCUT2D eigenvalue weighted by Gasteiger charge is 2.11. The highest BCUT2D eigenvalue weighted by Crippen LogP contribution is 1.98. The zero-order valence-electron chi connectivity index (χ0n) is 10.3. The van der Waals surface area contributed by atoms with Crippen LogP contribution < -0.4 is 11.1 Å². The van der Waals surface area contributed by atoms with Gasteiger partial charge < -0.3 is 15.8 Å². The van der Waals surface area contributed by atoms with E-state index in [1.165, 1.54) is 0 Å². The monoisotopic (exact) mass is 248 g/mol. The number of nitrogens with two attached hydrogens (primary N) is 1. The van der Waals surface area contributed by atoms with Crippen molar-refractivity contribution >= 4 is 17.7 Å². The van der Waals surface area contributed by atoms with Crippen LogP contribution in [0.5, 0.6) is 0 Å². The van der Waals surface area contributed by atoms with Crippen LogP contribution in [0.4, 0.5) is 0 Å². The maximum absolute atomic E-state index is 11.5. The molecule has 96 valence electrons. The van der Waals surface area contributed by atoms with E-state index in [2.05, 4.69) is 5.32 Å². The number of nitrogens with one attached hydrogen (secondary N) is 1. The van der Waals surface area contributed by atoms with Crippen LogP contribution >= 0.6 is 11.8 Å². The minimum atomic E-state index is -0.362. The van der Waals surface area contributed by atoms with Gasteiger partial charge in [-0.25, -0.2) is 0 Å². The molecule has 1 amide bonds. The summed E-state index contributed by atoms with van der Waals surface area (Å²) in [5.74, 6) is 0.893. The molecule has 16 heavy (non-hydrogen) atoms. The summed E-state index contributed by atoms with van der Waals surface area (Å²) in [6, 6.07) is -0.362. The molecule has 0 fully saturated rings. The number of ether oxygens (including phenoxy) is 1. The molecule has 0 bridgehead atoms. The molecule has 0 rings (SSSR count).